The van der Waals surface area contributed by atoms with Crippen LogP contribution in [0.25, 0.3) is 0 Å². The summed E-state index contributed by atoms with van der Waals surface area (Å²) in [5.41, 5.74) is 0. The van der Waals surface area contributed by atoms with Crippen LogP contribution in [0.3, 0.4) is 0 Å². The molecule has 0 aliphatic heterocycles. The van der Waals surface area contributed by atoms with Gasteiger partial charge in [-0.15, -0.1) is 0 Å². The average Bonchev–Trinajstić information content (AvgIpc) is 2.34. The molecule has 0 saturated carbocycles. The molecule has 0 bridgehead atoms. The van der Waals surface area contributed by atoms with Crippen LogP contribution in [0, 0.1) is 0 Å². The summed E-state index contributed by atoms with van der Waals surface area (Å²) in [6, 6.07) is 0. The minimum atomic E-state index is -0.162. The summed E-state index contributed by atoms with van der Waals surface area (Å²) in [7, 11) is 0. The fourth-order valence-electron chi connectivity index (χ4n) is 1.84. The van der Waals surface area contributed by atoms with Crippen LogP contribution in [0.15, 0.2) is 12.2 Å². The monoisotopic (exact) mass is 254 g/mol. The smallest absolute Gasteiger partial charge is 0.302 e. The zero-order valence-electron chi connectivity index (χ0n) is 12.2. The number of carbonyl (C=O) groups is 1. The Kier molecular flexibility index (Phi) is 13.6. The molecule has 0 atom stereocenters. The highest BCUT2D eigenvalue weighted by molar-refractivity contribution is 5.65. The lowest BCUT2D eigenvalue weighted by Gasteiger charge is -2.02. The summed E-state index contributed by atoms with van der Waals surface area (Å²) < 4.78 is 4.89. The van der Waals surface area contributed by atoms with Crippen molar-refractivity contribution in [1.82, 2.24) is 0 Å². The molecule has 0 rings (SSSR count). The van der Waals surface area contributed by atoms with Crippen LogP contribution in [0.1, 0.15) is 78.1 Å². The third-order valence-electron chi connectivity index (χ3n) is 2.96. The third-order valence-corrected chi connectivity index (χ3v) is 2.96. The number of carbonyl (C=O) groups excluding carboxylic acids is 1. The van der Waals surface area contributed by atoms with Crippen molar-refractivity contribution in [2.24, 2.45) is 0 Å². The molecule has 2 heteroatoms. The van der Waals surface area contributed by atoms with Crippen LogP contribution in [-0.4, -0.2) is 12.6 Å². The fourth-order valence-corrected chi connectivity index (χ4v) is 1.84. The maximum atomic E-state index is 10.5. The van der Waals surface area contributed by atoms with Gasteiger partial charge in [-0.25, -0.2) is 0 Å². The molecule has 0 saturated heterocycles. The van der Waals surface area contributed by atoms with E-state index in [2.05, 4.69) is 19.1 Å². The van der Waals surface area contributed by atoms with Gasteiger partial charge in [0.05, 0.1) is 6.61 Å². The zero-order valence-corrected chi connectivity index (χ0v) is 12.2. The Bertz CT molecular complexity index is 209. The predicted octanol–water partition coefficient (Wildman–Crippen LogP) is 5.03. The molecule has 18 heavy (non-hydrogen) atoms. The van der Waals surface area contributed by atoms with E-state index in [0.29, 0.717) is 6.61 Å². The van der Waals surface area contributed by atoms with E-state index in [9.17, 15) is 4.79 Å². The molecule has 0 aromatic heterocycles. The van der Waals surface area contributed by atoms with Crippen LogP contribution < -0.4 is 0 Å². The number of hydrogen-bond acceptors (Lipinski definition) is 2. The van der Waals surface area contributed by atoms with E-state index in [1.807, 2.05) is 0 Å². The Hall–Kier alpha value is -0.790. The summed E-state index contributed by atoms with van der Waals surface area (Å²) >= 11 is 0. The molecular weight excluding hydrogens is 224 g/mol. The Labute approximate surface area is 113 Å². The first kappa shape index (κ1) is 17.2. The summed E-state index contributed by atoms with van der Waals surface area (Å²) in [6.45, 7) is 4.29. The second-order valence-corrected chi connectivity index (χ2v) is 4.86. The number of ether oxygens (including phenoxy) is 1. The van der Waals surface area contributed by atoms with Gasteiger partial charge in [-0.3, -0.25) is 4.79 Å². The lowest BCUT2D eigenvalue weighted by atomic mass is 10.1. The van der Waals surface area contributed by atoms with Gasteiger partial charge in [0, 0.05) is 6.92 Å². The second-order valence-electron chi connectivity index (χ2n) is 4.86. The molecule has 0 fully saturated rings. The third kappa shape index (κ3) is 15.2. The van der Waals surface area contributed by atoms with Crippen molar-refractivity contribution in [2.45, 2.75) is 78.1 Å². The van der Waals surface area contributed by atoms with Gasteiger partial charge < -0.3 is 4.74 Å². The van der Waals surface area contributed by atoms with Crippen molar-refractivity contribution < 1.29 is 9.53 Å². The fraction of sp³-hybridized carbons (Fsp3) is 0.812. The number of hydrogen-bond donors (Lipinski definition) is 0. The topological polar surface area (TPSA) is 26.3 Å². The van der Waals surface area contributed by atoms with Crippen molar-refractivity contribution in [2.75, 3.05) is 6.61 Å². The van der Waals surface area contributed by atoms with Gasteiger partial charge in [0.1, 0.15) is 0 Å². The molecule has 0 aromatic carbocycles. The molecular formula is C16H30O2. The minimum absolute atomic E-state index is 0.162. The van der Waals surface area contributed by atoms with E-state index in [0.717, 1.165) is 6.42 Å². The van der Waals surface area contributed by atoms with Crippen LogP contribution >= 0.6 is 0 Å². The van der Waals surface area contributed by atoms with E-state index < -0.39 is 0 Å². The van der Waals surface area contributed by atoms with Crippen molar-refractivity contribution in [3.8, 4) is 0 Å². The highest BCUT2D eigenvalue weighted by Gasteiger charge is 1.93. The van der Waals surface area contributed by atoms with Crippen LogP contribution in [0.5, 0.6) is 0 Å². The molecule has 2 nitrogen and oxygen atoms in total. The van der Waals surface area contributed by atoms with Crippen LogP contribution in [0.4, 0.5) is 0 Å². The van der Waals surface area contributed by atoms with Gasteiger partial charge in [0.15, 0.2) is 0 Å². The summed E-state index contributed by atoms with van der Waals surface area (Å²) in [5.74, 6) is -0.162. The molecule has 0 aromatic rings. The van der Waals surface area contributed by atoms with E-state index in [1.54, 1.807) is 0 Å². The van der Waals surface area contributed by atoms with E-state index in [1.165, 1.54) is 64.7 Å². The van der Waals surface area contributed by atoms with E-state index in [4.69, 9.17) is 4.74 Å². The van der Waals surface area contributed by atoms with Crippen LogP contribution in [0.2, 0.25) is 0 Å². The summed E-state index contributed by atoms with van der Waals surface area (Å²) in [6.07, 6.45) is 17.1. The van der Waals surface area contributed by atoms with Gasteiger partial charge in [0.25, 0.3) is 0 Å². The highest BCUT2D eigenvalue weighted by Crippen LogP contribution is 2.08. The van der Waals surface area contributed by atoms with Gasteiger partial charge in [0.2, 0.25) is 0 Å². The SMILES string of the molecule is CCCC/C=C/CCCCCCCCOC(C)=O. The first-order valence-electron chi connectivity index (χ1n) is 7.55. The molecule has 0 aliphatic carbocycles. The molecule has 0 radical (unpaired) electrons. The highest BCUT2D eigenvalue weighted by atomic mass is 16.5. The lowest BCUT2D eigenvalue weighted by molar-refractivity contribution is -0.141. The molecule has 0 amide bonds. The van der Waals surface area contributed by atoms with Gasteiger partial charge in [-0.1, -0.05) is 57.6 Å². The summed E-state index contributed by atoms with van der Waals surface area (Å²) in [5, 5.41) is 0. The summed E-state index contributed by atoms with van der Waals surface area (Å²) in [4.78, 5) is 10.5. The van der Waals surface area contributed by atoms with Gasteiger partial charge in [-0.05, 0) is 25.7 Å². The normalized spacial score (nSPS) is 11.0. The van der Waals surface area contributed by atoms with Crippen molar-refractivity contribution in [3.63, 3.8) is 0 Å². The Balaban J connectivity index is 3.03. The number of allylic oxidation sites excluding steroid dienone is 2. The van der Waals surface area contributed by atoms with Crippen molar-refractivity contribution >= 4 is 5.97 Å². The zero-order chi connectivity index (χ0) is 13.5. The Morgan fingerprint density at radius 3 is 2.06 bits per heavy atom. The maximum absolute atomic E-state index is 10.5. The van der Waals surface area contributed by atoms with Crippen LogP contribution in [-0.2, 0) is 9.53 Å². The Morgan fingerprint density at radius 2 is 1.44 bits per heavy atom. The van der Waals surface area contributed by atoms with Gasteiger partial charge in [-0.2, -0.15) is 0 Å². The molecule has 0 N–H and O–H groups in total. The number of unbranched alkanes of at least 4 members (excludes halogenated alkanes) is 8. The lowest BCUT2D eigenvalue weighted by Crippen LogP contribution is -1.99. The van der Waals surface area contributed by atoms with E-state index >= 15 is 0 Å². The first-order valence-corrected chi connectivity index (χ1v) is 7.55. The van der Waals surface area contributed by atoms with Gasteiger partial charge >= 0.3 is 5.97 Å². The van der Waals surface area contributed by atoms with Crippen molar-refractivity contribution in [1.29, 1.82) is 0 Å². The molecule has 0 aliphatic rings. The molecule has 0 unspecified atom stereocenters. The quantitative estimate of drug-likeness (QED) is 0.277. The minimum Gasteiger partial charge on any atom is -0.466 e. The van der Waals surface area contributed by atoms with E-state index in [-0.39, 0.29) is 5.97 Å². The number of esters is 1. The molecule has 106 valence electrons. The standard InChI is InChI=1S/C16H30O2/c1-3-4-5-6-7-8-9-10-11-12-13-14-15-18-16(2)17/h6-7H,3-5,8-15H2,1-2H3/b7-6+. The Morgan fingerprint density at radius 1 is 0.889 bits per heavy atom. The van der Waals surface area contributed by atoms with Crippen molar-refractivity contribution in [3.05, 3.63) is 12.2 Å². The second kappa shape index (κ2) is 14.3. The molecule has 0 heterocycles. The average molecular weight is 254 g/mol. The maximum Gasteiger partial charge on any atom is 0.302 e. The predicted molar refractivity (Wildman–Crippen MR) is 77.6 cm³/mol. The largest absolute Gasteiger partial charge is 0.466 e. The molecule has 0 spiro atoms. The number of rotatable bonds is 12. The first-order chi connectivity index (χ1) is 8.77.